The summed E-state index contributed by atoms with van der Waals surface area (Å²) in [4.78, 5) is 17.5. The number of nitrogens with one attached hydrogen (secondary N) is 1. The number of piperidine rings is 1. The summed E-state index contributed by atoms with van der Waals surface area (Å²) in [5.41, 5.74) is 0.933. The van der Waals surface area contributed by atoms with Crippen molar-refractivity contribution < 1.29 is 9.53 Å². The molecule has 2 rings (SSSR count). The van der Waals surface area contributed by atoms with E-state index in [9.17, 15) is 4.79 Å². The summed E-state index contributed by atoms with van der Waals surface area (Å²) in [7, 11) is 0. The van der Waals surface area contributed by atoms with Crippen LogP contribution in [0.2, 0.25) is 0 Å². The number of rotatable bonds is 4. The van der Waals surface area contributed by atoms with Crippen LogP contribution in [0.1, 0.15) is 33.6 Å². The van der Waals surface area contributed by atoms with Crippen LogP contribution in [0.5, 0.6) is 5.88 Å². The van der Waals surface area contributed by atoms with E-state index in [-0.39, 0.29) is 12.0 Å². The molecule has 1 aliphatic rings. The van der Waals surface area contributed by atoms with Crippen LogP contribution in [0.25, 0.3) is 0 Å². The highest BCUT2D eigenvalue weighted by atomic mass is 16.5. The lowest BCUT2D eigenvalue weighted by Crippen LogP contribution is -2.41. The number of hydrogen-bond acceptors (Lipinski definition) is 4. The SMILES string of the molecule is CC(=O)N1CCC(Nc2cccnc2OC(C)C)CC1. The van der Waals surface area contributed by atoms with Crippen molar-refractivity contribution in [2.24, 2.45) is 0 Å². The number of pyridine rings is 1. The van der Waals surface area contributed by atoms with Crippen LogP contribution < -0.4 is 10.1 Å². The molecule has 1 saturated heterocycles. The topological polar surface area (TPSA) is 54.5 Å². The van der Waals surface area contributed by atoms with Gasteiger partial charge >= 0.3 is 0 Å². The summed E-state index contributed by atoms with van der Waals surface area (Å²) in [5, 5.41) is 3.49. The van der Waals surface area contributed by atoms with Gasteiger partial charge in [0.1, 0.15) is 0 Å². The van der Waals surface area contributed by atoms with E-state index in [1.807, 2.05) is 30.9 Å². The van der Waals surface area contributed by atoms with E-state index in [2.05, 4.69) is 10.3 Å². The Morgan fingerprint density at radius 3 is 2.75 bits per heavy atom. The number of carbonyl (C=O) groups excluding carboxylic acids is 1. The first-order valence-electron chi connectivity index (χ1n) is 7.20. The maximum atomic E-state index is 11.3. The Balaban J connectivity index is 1.96. The molecule has 0 aromatic carbocycles. The molecule has 20 heavy (non-hydrogen) atoms. The van der Waals surface area contributed by atoms with Gasteiger partial charge in [0.25, 0.3) is 0 Å². The molecule has 5 nitrogen and oxygen atoms in total. The molecular formula is C15H23N3O2. The van der Waals surface area contributed by atoms with E-state index in [0.29, 0.717) is 11.9 Å². The summed E-state index contributed by atoms with van der Waals surface area (Å²) in [5.74, 6) is 0.810. The van der Waals surface area contributed by atoms with Gasteiger partial charge in [-0.25, -0.2) is 4.98 Å². The van der Waals surface area contributed by atoms with E-state index >= 15 is 0 Å². The normalized spacial score (nSPS) is 16.3. The largest absolute Gasteiger partial charge is 0.473 e. The lowest BCUT2D eigenvalue weighted by atomic mass is 10.0. The highest BCUT2D eigenvalue weighted by Gasteiger charge is 2.21. The van der Waals surface area contributed by atoms with E-state index in [1.165, 1.54) is 0 Å². The van der Waals surface area contributed by atoms with Crippen LogP contribution in [0.15, 0.2) is 18.3 Å². The van der Waals surface area contributed by atoms with Gasteiger partial charge in [-0.15, -0.1) is 0 Å². The van der Waals surface area contributed by atoms with Crippen molar-refractivity contribution in [1.82, 2.24) is 9.88 Å². The van der Waals surface area contributed by atoms with E-state index in [4.69, 9.17) is 4.74 Å². The van der Waals surface area contributed by atoms with E-state index in [0.717, 1.165) is 31.6 Å². The second-order valence-electron chi connectivity index (χ2n) is 5.45. The fourth-order valence-electron chi connectivity index (χ4n) is 2.38. The molecule has 0 radical (unpaired) electrons. The number of anilines is 1. The maximum Gasteiger partial charge on any atom is 0.237 e. The van der Waals surface area contributed by atoms with E-state index < -0.39 is 0 Å². The van der Waals surface area contributed by atoms with Gasteiger partial charge < -0.3 is 15.0 Å². The zero-order valence-electron chi connectivity index (χ0n) is 12.4. The molecule has 0 aliphatic carbocycles. The predicted octanol–water partition coefficient (Wildman–Crippen LogP) is 2.29. The lowest BCUT2D eigenvalue weighted by molar-refractivity contribution is -0.129. The van der Waals surface area contributed by atoms with Gasteiger partial charge in [0.05, 0.1) is 11.8 Å². The number of amides is 1. The molecule has 1 aromatic rings. The molecule has 1 aliphatic heterocycles. The first kappa shape index (κ1) is 14.6. The minimum absolute atomic E-state index is 0.102. The molecule has 2 heterocycles. The van der Waals surface area contributed by atoms with Gasteiger partial charge in [-0.2, -0.15) is 0 Å². The average molecular weight is 277 g/mol. The minimum Gasteiger partial charge on any atom is -0.473 e. The first-order chi connectivity index (χ1) is 9.56. The summed E-state index contributed by atoms with van der Waals surface area (Å²) in [6.45, 7) is 7.23. The van der Waals surface area contributed by atoms with Crippen molar-refractivity contribution in [3.05, 3.63) is 18.3 Å². The Morgan fingerprint density at radius 2 is 2.15 bits per heavy atom. The van der Waals surface area contributed by atoms with Crippen molar-refractivity contribution in [2.45, 2.75) is 45.8 Å². The fourth-order valence-corrected chi connectivity index (χ4v) is 2.38. The van der Waals surface area contributed by atoms with Crippen LogP contribution in [-0.4, -0.2) is 41.0 Å². The number of likely N-dealkylation sites (tertiary alicyclic amines) is 1. The summed E-state index contributed by atoms with van der Waals surface area (Å²) in [6, 6.07) is 4.26. The van der Waals surface area contributed by atoms with Crippen LogP contribution >= 0.6 is 0 Å². The Hall–Kier alpha value is -1.78. The number of carbonyl (C=O) groups is 1. The van der Waals surface area contributed by atoms with Crippen LogP contribution in [0.4, 0.5) is 5.69 Å². The maximum absolute atomic E-state index is 11.3. The van der Waals surface area contributed by atoms with Gasteiger partial charge in [-0.05, 0) is 38.8 Å². The monoisotopic (exact) mass is 277 g/mol. The fraction of sp³-hybridized carbons (Fsp3) is 0.600. The van der Waals surface area contributed by atoms with Crippen LogP contribution in [0.3, 0.4) is 0 Å². The molecule has 110 valence electrons. The Kier molecular flexibility index (Phi) is 4.82. The Bertz CT molecular complexity index is 454. The van der Waals surface area contributed by atoms with Crippen molar-refractivity contribution >= 4 is 11.6 Å². The molecule has 5 heteroatoms. The Morgan fingerprint density at radius 1 is 1.45 bits per heavy atom. The first-order valence-corrected chi connectivity index (χ1v) is 7.20. The molecule has 0 atom stereocenters. The minimum atomic E-state index is 0.102. The van der Waals surface area contributed by atoms with Crippen molar-refractivity contribution in [3.8, 4) is 5.88 Å². The number of ether oxygens (including phenoxy) is 1. The van der Waals surface area contributed by atoms with Crippen molar-refractivity contribution in [3.63, 3.8) is 0 Å². The molecule has 0 unspecified atom stereocenters. The second kappa shape index (κ2) is 6.59. The van der Waals surface area contributed by atoms with Crippen LogP contribution in [-0.2, 0) is 4.79 Å². The van der Waals surface area contributed by atoms with E-state index in [1.54, 1.807) is 13.1 Å². The second-order valence-corrected chi connectivity index (χ2v) is 5.45. The summed E-state index contributed by atoms with van der Waals surface area (Å²) < 4.78 is 5.71. The highest BCUT2D eigenvalue weighted by Crippen LogP contribution is 2.25. The van der Waals surface area contributed by atoms with Gasteiger partial charge in [-0.1, -0.05) is 0 Å². The van der Waals surface area contributed by atoms with Crippen molar-refractivity contribution in [1.29, 1.82) is 0 Å². The summed E-state index contributed by atoms with van der Waals surface area (Å²) >= 11 is 0. The molecule has 1 N–H and O–H groups in total. The number of aromatic nitrogens is 1. The van der Waals surface area contributed by atoms with Gasteiger partial charge in [0.15, 0.2) is 0 Å². The van der Waals surface area contributed by atoms with Gasteiger partial charge in [0, 0.05) is 32.3 Å². The molecule has 0 saturated carbocycles. The quantitative estimate of drug-likeness (QED) is 0.917. The smallest absolute Gasteiger partial charge is 0.237 e. The average Bonchev–Trinajstić information content (AvgIpc) is 2.41. The zero-order valence-corrected chi connectivity index (χ0v) is 12.4. The third kappa shape index (κ3) is 3.85. The van der Waals surface area contributed by atoms with Crippen LogP contribution in [0, 0.1) is 0 Å². The third-order valence-corrected chi connectivity index (χ3v) is 3.42. The molecule has 1 amide bonds. The van der Waals surface area contributed by atoms with Crippen molar-refractivity contribution in [2.75, 3.05) is 18.4 Å². The molecule has 0 spiro atoms. The highest BCUT2D eigenvalue weighted by molar-refractivity contribution is 5.73. The predicted molar refractivity (Wildman–Crippen MR) is 78.9 cm³/mol. The zero-order chi connectivity index (χ0) is 14.5. The Labute approximate surface area is 120 Å². The third-order valence-electron chi connectivity index (χ3n) is 3.42. The molecule has 1 fully saturated rings. The molecular weight excluding hydrogens is 254 g/mol. The van der Waals surface area contributed by atoms with Gasteiger partial charge in [0.2, 0.25) is 11.8 Å². The summed E-state index contributed by atoms with van der Waals surface area (Å²) in [6.07, 6.45) is 3.75. The number of nitrogens with zero attached hydrogens (tertiary/aromatic N) is 2. The van der Waals surface area contributed by atoms with Gasteiger partial charge in [-0.3, -0.25) is 4.79 Å². The molecule has 0 bridgehead atoms. The molecule has 1 aromatic heterocycles. The lowest BCUT2D eigenvalue weighted by Gasteiger charge is -2.32. The standard InChI is InChI=1S/C15H23N3O2/c1-11(2)20-15-14(5-4-8-16-15)17-13-6-9-18(10-7-13)12(3)19/h4-5,8,11,13,17H,6-7,9-10H2,1-3H3. The number of hydrogen-bond donors (Lipinski definition) is 1.